The Morgan fingerprint density at radius 1 is 0.708 bits per heavy atom. The number of hydrogen-bond acceptors (Lipinski definition) is 9. The van der Waals surface area contributed by atoms with E-state index in [1.54, 1.807) is 42.5 Å². The van der Waals surface area contributed by atoms with Gasteiger partial charge in [0.2, 0.25) is 0 Å². The molecule has 0 aliphatic heterocycles. The second-order valence-electron chi connectivity index (χ2n) is 11.2. The smallest absolute Gasteiger partial charge is 0.339 e. The fourth-order valence-electron chi connectivity index (χ4n) is 4.88. The predicted molar refractivity (Wildman–Crippen MR) is 181 cm³/mol. The molecule has 1 aliphatic rings. The Morgan fingerprint density at radius 2 is 1.29 bits per heavy atom. The van der Waals surface area contributed by atoms with Crippen molar-refractivity contribution in [3.63, 3.8) is 0 Å². The van der Waals surface area contributed by atoms with Crippen LogP contribution in [0, 0.1) is 0 Å². The van der Waals surface area contributed by atoms with Crippen molar-refractivity contribution in [2.45, 2.75) is 57.5 Å². The second-order valence-corrected chi connectivity index (χ2v) is 11.2. The van der Waals surface area contributed by atoms with Crippen molar-refractivity contribution >= 4 is 30.0 Å². The van der Waals surface area contributed by atoms with Crippen molar-refractivity contribution in [1.82, 2.24) is 0 Å². The van der Waals surface area contributed by atoms with E-state index in [2.05, 4.69) is 13.2 Å². The first kappa shape index (κ1) is 35.4. The number of benzene rings is 3. The van der Waals surface area contributed by atoms with E-state index in [0.717, 1.165) is 61.3 Å². The average Bonchev–Trinajstić information content (AvgIpc) is 3.10. The number of rotatable bonds is 16. The van der Waals surface area contributed by atoms with Gasteiger partial charge in [-0.2, -0.15) is 0 Å². The summed E-state index contributed by atoms with van der Waals surface area (Å²) in [6.45, 7) is 7.83. The van der Waals surface area contributed by atoms with Crippen LogP contribution in [0.15, 0.2) is 104 Å². The highest BCUT2D eigenvalue weighted by Gasteiger charge is 2.20. The zero-order valence-corrected chi connectivity index (χ0v) is 26.9. The Hall–Kier alpha value is -5.44. The van der Waals surface area contributed by atoms with Crippen LogP contribution < -0.4 is 14.2 Å². The minimum Gasteiger partial charge on any atom is -0.494 e. The van der Waals surface area contributed by atoms with Crippen LogP contribution in [0.4, 0.5) is 0 Å². The fraction of sp³-hybridized carbons (Fsp3) is 0.282. The molecule has 0 atom stereocenters. The van der Waals surface area contributed by atoms with Gasteiger partial charge in [0.15, 0.2) is 0 Å². The first-order valence-corrected chi connectivity index (χ1v) is 16.0. The van der Waals surface area contributed by atoms with Gasteiger partial charge in [-0.25, -0.2) is 14.4 Å². The van der Waals surface area contributed by atoms with E-state index < -0.39 is 23.9 Å². The number of carbonyl (C=O) groups excluding carboxylic acids is 4. The summed E-state index contributed by atoms with van der Waals surface area (Å²) in [4.78, 5) is 48.0. The van der Waals surface area contributed by atoms with Gasteiger partial charge in [-0.3, -0.25) is 4.79 Å². The summed E-state index contributed by atoms with van der Waals surface area (Å²) in [6.07, 6.45) is 10.2. The SMILES string of the molecule is C=CC(=O)OCCCCOc1ccc(OC(=O)/C=C/c2ccc(-c3ccc(OC(=O)C(=C)CC(=O)OC4CCCCC4)cc3)cc2)cc1. The lowest BCUT2D eigenvalue weighted by molar-refractivity contribution is -0.150. The molecular formula is C39H40O9. The minimum absolute atomic E-state index is 0.0465. The van der Waals surface area contributed by atoms with E-state index in [4.69, 9.17) is 23.7 Å². The zero-order chi connectivity index (χ0) is 34.1. The van der Waals surface area contributed by atoms with Crippen molar-refractivity contribution in [2.24, 2.45) is 0 Å². The maximum atomic E-state index is 12.5. The normalized spacial score (nSPS) is 12.9. The third kappa shape index (κ3) is 12.1. The summed E-state index contributed by atoms with van der Waals surface area (Å²) >= 11 is 0. The highest BCUT2D eigenvalue weighted by atomic mass is 16.6. The van der Waals surface area contributed by atoms with Crippen LogP contribution in [0.1, 0.15) is 56.9 Å². The van der Waals surface area contributed by atoms with E-state index in [1.807, 2.05) is 36.4 Å². The largest absolute Gasteiger partial charge is 0.494 e. The van der Waals surface area contributed by atoms with Crippen molar-refractivity contribution in [1.29, 1.82) is 0 Å². The van der Waals surface area contributed by atoms with Gasteiger partial charge in [0, 0.05) is 17.7 Å². The van der Waals surface area contributed by atoms with Gasteiger partial charge in [-0.1, -0.05) is 56.0 Å². The van der Waals surface area contributed by atoms with Crippen molar-refractivity contribution in [3.8, 4) is 28.4 Å². The van der Waals surface area contributed by atoms with Gasteiger partial charge in [0.1, 0.15) is 23.4 Å². The molecular weight excluding hydrogens is 612 g/mol. The van der Waals surface area contributed by atoms with E-state index >= 15 is 0 Å². The Morgan fingerprint density at radius 3 is 1.96 bits per heavy atom. The fourth-order valence-corrected chi connectivity index (χ4v) is 4.88. The lowest BCUT2D eigenvalue weighted by Gasteiger charge is -2.21. The minimum atomic E-state index is -0.669. The number of ether oxygens (including phenoxy) is 5. The molecule has 0 amide bonds. The molecule has 1 saturated carbocycles. The van der Waals surface area contributed by atoms with E-state index in [1.165, 1.54) is 6.08 Å². The van der Waals surface area contributed by atoms with Gasteiger partial charge in [0.05, 0.1) is 19.6 Å². The Bertz CT molecular complexity index is 1580. The van der Waals surface area contributed by atoms with Crippen molar-refractivity contribution in [3.05, 3.63) is 109 Å². The zero-order valence-electron chi connectivity index (χ0n) is 26.9. The number of hydrogen-bond donors (Lipinski definition) is 0. The molecule has 9 nitrogen and oxygen atoms in total. The Kier molecular flexibility index (Phi) is 13.8. The number of unbranched alkanes of at least 4 members (excludes halogenated alkanes) is 1. The summed E-state index contributed by atoms with van der Waals surface area (Å²) in [6, 6.07) is 21.3. The maximum absolute atomic E-state index is 12.5. The molecule has 3 aromatic carbocycles. The molecule has 0 bridgehead atoms. The molecule has 48 heavy (non-hydrogen) atoms. The molecule has 9 heteroatoms. The summed E-state index contributed by atoms with van der Waals surface area (Å²) in [7, 11) is 0. The van der Waals surface area contributed by atoms with Crippen LogP contribution in [0.5, 0.6) is 17.2 Å². The molecule has 250 valence electrons. The van der Waals surface area contributed by atoms with Crippen molar-refractivity contribution in [2.75, 3.05) is 13.2 Å². The monoisotopic (exact) mass is 652 g/mol. The third-order valence-corrected chi connectivity index (χ3v) is 7.48. The third-order valence-electron chi connectivity index (χ3n) is 7.48. The predicted octanol–water partition coefficient (Wildman–Crippen LogP) is 7.59. The van der Waals surface area contributed by atoms with Gasteiger partial charge >= 0.3 is 23.9 Å². The molecule has 0 radical (unpaired) electrons. The van der Waals surface area contributed by atoms with Gasteiger partial charge in [0.25, 0.3) is 0 Å². The highest BCUT2D eigenvalue weighted by molar-refractivity contribution is 5.94. The standard InChI is InChI=1S/C39H40O9/c1-3-36(40)45-26-8-7-25-44-32-20-22-34(23-21-32)46-37(41)24-13-29-11-14-30(15-12-29)31-16-18-35(19-17-31)48-39(43)28(2)27-38(42)47-33-9-5-4-6-10-33/h3,11-24,33H,1-2,4-10,25-27H2/b24-13+. The van der Waals surface area contributed by atoms with Crippen LogP contribution in [0.3, 0.4) is 0 Å². The van der Waals surface area contributed by atoms with Gasteiger partial charge in [-0.05, 0) is 97.7 Å². The highest BCUT2D eigenvalue weighted by Crippen LogP contribution is 2.25. The molecule has 4 rings (SSSR count). The first-order valence-electron chi connectivity index (χ1n) is 16.0. The second kappa shape index (κ2) is 18.6. The van der Waals surface area contributed by atoms with E-state index in [9.17, 15) is 19.2 Å². The van der Waals surface area contributed by atoms with E-state index in [-0.39, 0.29) is 18.1 Å². The Balaban J connectivity index is 1.17. The maximum Gasteiger partial charge on any atom is 0.339 e. The topological polar surface area (TPSA) is 114 Å². The quantitative estimate of drug-likeness (QED) is 0.0668. The molecule has 1 fully saturated rings. The molecule has 1 aliphatic carbocycles. The van der Waals surface area contributed by atoms with Crippen LogP contribution >= 0.6 is 0 Å². The van der Waals surface area contributed by atoms with Crippen LogP contribution in [0.25, 0.3) is 17.2 Å². The number of carbonyl (C=O) groups is 4. The summed E-state index contributed by atoms with van der Waals surface area (Å²) in [5, 5.41) is 0. The molecule has 0 spiro atoms. The van der Waals surface area contributed by atoms with Crippen molar-refractivity contribution < 1.29 is 42.9 Å². The molecule has 0 unspecified atom stereocenters. The molecule has 0 heterocycles. The van der Waals surface area contributed by atoms with Crippen LogP contribution in [0.2, 0.25) is 0 Å². The molecule has 0 aromatic heterocycles. The summed E-state index contributed by atoms with van der Waals surface area (Å²) in [5.41, 5.74) is 2.69. The molecule has 3 aromatic rings. The van der Waals surface area contributed by atoms with Gasteiger partial charge in [-0.15, -0.1) is 0 Å². The number of esters is 4. The summed E-state index contributed by atoms with van der Waals surface area (Å²) in [5.74, 6) is -0.717. The molecule has 0 N–H and O–H groups in total. The first-order chi connectivity index (χ1) is 23.3. The lowest BCUT2D eigenvalue weighted by Crippen LogP contribution is -2.22. The Labute approximate surface area is 280 Å². The summed E-state index contributed by atoms with van der Waals surface area (Å²) < 4.78 is 26.8. The van der Waals surface area contributed by atoms with E-state index in [0.29, 0.717) is 36.9 Å². The van der Waals surface area contributed by atoms with Gasteiger partial charge < -0.3 is 23.7 Å². The van der Waals surface area contributed by atoms with Crippen LogP contribution in [-0.2, 0) is 28.7 Å². The van der Waals surface area contributed by atoms with Crippen LogP contribution in [-0.4, -0.2) is 43.2 Å². The lowest BCUT2D eigenvalue weighted by atomic mass is 9.98. The average molecular weight is 653 g/mol. The molecule has 0 saturated heterocycles.